The van der Waals surface area contributed by atoms with Crippen LogP contribution in [0.5, 0.6) is 0 Å². The van der Waals surface area contributed by atoms with Crippen LogP contribution in [0.2, 0.25) is 0 Å². The minimum atomic E-state index is 0.0131. The lowest BCUT2D eigenvalue weighted by Crippen LogP contribution is -2.48. The molecular weight excluding hydrogens is 338 g/mol. The molecule has 2 saturated heterocycles. The van der Waals surface area contributed by atoms with E-state index in [0.29, 0.717) is 0 Å². The maximum absolute atomic E-state index is 12.8. The molecule has 2 aromatic rings. The van der Waals surface area contributed by atoms with Crippen molar-refractivity contribution in [3.05, 3.63) is 53.9 Å². The van der Waals surface area contributed by atoms with Gasteiger partial charge in [0.2, 0.25) is 5.95 Å². The van der Waals surface area contributed by atoms with E-state index < -0.39 is 0 Å². The van der Waals surface area contributed by atoms with E-state index in [-0.39, 0.29) is 11.9 Å². The minimum Gasteiger partial charge on any atom is -0.348 e. The topological polar surface area (TPSA) is 61.4 Å². The molecule has 27 heavy (non-hydrogen) atoms. The summed E-state index contributed by atoms with van der Waals surface area (Å²) in [4.78, 5) is 26.0. The Morgan fingerprint density at radius 1 is 1.07 bits per heavy atom. The van der Waals surface area contributed by atoms with Crippen molar-refractivity contribution in [1.29, 1.82) is 0 Å². The van der Waals surface area contributed by atoms with E-state index in [9.17, 15) is 4.79 Å². The van der Waals surface area contributed by atoms with Crippen molar-refractivity contribution in [3.63, 3.8) is 0 Å². The van der Waals surface area contributed by atoms with Gasteiger partial charge < -0.3 is 10.2 Å². The second-order valence-electron chi connectivity index (χ2n) is 7.49. The Labute approximate surface area is 160 Å². The van der Waals surface area contributed by atoms with Crippen LogP contribution >= 0.6 is 0 Å². The van der Waals surface area contributed by atoms with Crippen molar-refractivity contribution in [2.45, 2.75) is 38.3 Å². The number of amides is 1. The Morgan fingerprint density at radius 3 is 2.70 bits per heavy atom. The molecule has 0 spiro atoms. The lowest BCUT2D eigenvalue weighted by Gasteiger charge is -2.33. The molecule has 1 aromatic heterocycles. The number of carbonyl (C=O) groups is 1. The molecule has 1 N–H and O–H groups in total. The molecule has 0 aliphatic carbocycles. The average Bonchev–Trinajstić information content (AvgIpc) is 3.22. The summed E-state index contributed by atoms with van der Waals surface area (Å²) in [5.41, 5.74) is 1.97. The van der Waals surface area contributed by atoms with Crippen molar-refractivity contribution < 1.29 is 4.79 Å². The highest BCUT2D eigenvalue weighted by molar-refractivity contribution is 5.94. The second kappa shape index (κ2) is 8.48. The fourth-order valence-corrected chi connectivity index (χ4v) is 4.01. The first-order valence-electron chi connectivity index (χ1n) is 9.92. The van der Waals surface area contributed by atoms with E-state index in [4.69, 9.17) is 0 Å². The first kappa shape index (κ1) is 17.9. The molecule has 0 radical (unpaired) electrons. The number of nitrogens with zero attached hydrogens (tertiary/aromatic N) is 4. The van der Waals surface area contributed by atoms with E-state index >= 15 is 0 Å². The third-order valence-electron chi connectivity index (χ3n) is 5.39. The molecule has 6 nitrogen and oxygen atoms in total. The number of anilines is 1. The number of carbonyl (C=O) groups excluding carboxylic acids is 1. The molecule has 1 aromatic carbocycles. The zero-order valence-electron chi connectivity index (χ0n) is 15.7. The molecule has 2 fully saturated rings. The van der Waals surface area contributed by atoms with Crippen LogP contribution < -0.4 is 10.2 Å². The van der Waals surface area contributed by atoms with Gasteiger partial charge in [-0.2, -0.15) is 0 Å². The fourth-order valence-electron chi connectivity index (χ4n) is 4.01. The van der Waals surface area contributed by atoms with Gasteiger partial charge in [0.1, 0.15) is 0 Å². The van der Waals surface area contributed by atoms with E-state index in [1.165, 1.54) is 18.4 Å². The molecule has 0 saturated carbocycles. The fraction of sp³-hybridized carbons (Fsp3) is 0.476. The summed E-state index contributed by atoms with van der Waals surface area (Å²) < 4.78 is 0. The molecule has 1 atom stereocenters. The molecule has 4 rings (SSSR count). The molecule has 6 heteroatoms. The van der Waals surface area contributed by atoms with Crippen LogP contribution in [-0.2, 0) is 6.54 Å². The number of aromatic nitrogens is 2. The number of hydrogen-bond acceptors (Lipinski definition) is 5. The highest BCUT2D eigenvalue weighted by Gasteiger charge is 2.23. The maximum Gasteiger partial charge on any atom is 0.251 e. The zero-order chi connectivity index (χ0) is 18.5. The Kier molecular flexibility index (Phi) is 5.63. The lowest BCUT2D eigenvalue weighted by atomic mass is 10.0. The highest BCUT2D eigenvalue weighted by atomic mass is 16.1. The summed E-state index contributed by atoms with van der Waals surface area (Å²) in [5.74, 6) is 0.753. The molecule has 3 heterocycles. The smallest absolute Gasteiger partial charge is 0.251 e. The summed E-state index contributed by atoms with van der Waals surface area (Å²) in [6.45, 7) is 4.94. The van der Waals surface area contributed by atoms with Gasteiger partial charge in [0.15, 0.2) is 0 Å². The SMILES string of the molecule is O=C(NC1CCCN(c2ncccn2)C1)c1cccc(CN2CCCC2)c1. The molecule has 142 valence electrons. The van der Waals surface area contributed by atoms with Crippen molar-refractivity contribution in [2.75, 3.05) is 31.1 Å². The van der Waals surface area contributed by atoms with Gasteiger partial charge in [0.05, 0.1) is 0 Å². The standard InChI is InChI=1S/C21H27N5O/c27-20(18-7-3-6-17(14-18)15-25-11-1-2-12-25)24-19-8-4-13-26(16-19)21-22-9-5-10-23-21/h3,5-7,9-10,14,19H,1-2,4,8,11-13,15-16H2,(H,24,27). The number of nitrogens with one attached hydrogen (secondary N) is 1. The minimum absolute atomic E-state index is 0.0131. The van der Waals surface area contributed by atoms with Crippen LogP contribution in [0.25, 0.3) is 0 Å². The van der Waals surface area contributed by atoms with Crippen molar-refractivity contribution in [1.82, 2.24) is 20.2 Å². The monoisotopic (exact) mass is 365 g/mol. The molecule has 1 amide bonds. The van der Waals surface area contributed by atoms with Gasteiger partial charge in [-0.1, -0.05) is 12.1 Å². The summed E-state index contributed by atoms with van der Waals surface area (Å²) in [5, 5.41) is 3.21. The third-order valence-corrected chi connectivity index (χ3v) is 5.39. The number of piperidine rings is 1. The van der Waals surface area contributed by atoms with Gasteiger partial charge in [0, 0.05) is 43.6 Å². The zero-order valence-corrected chi connectivity index (χ0v) is 15.7. The third kappa shape index (κ3) is 4.63. The van der Waals surface area contributed by atoms with Gasteiger partial charge in [-0.05, 0) is 62.5 Å². The summed E-state index contributed by atoms with van der Waals surface area (Å²) in [7, 11) is 0. The predicted molar refractivity (Wildman–Crippen MR) is 106 cm³/mol. The summed E-state index contributed by atoms with van der Waals surface area (Å²) in [6.07, 6.45) is 8.10. The van der Waals surface area contributed by atoms with Crippen molar-refractivity contribution >= 4 is 11.9 Å². The van der Waals surface area contributed by atoms with Crippen LogP contribution in [-0.4, -0.2) is 53.0 Å². The van der Waals surface area contributed by atoms with Gasteiger partial charge in [-0.25, -0.2) is 9.97 Å². The van der Waals surface area contributed by atoms with Gasteiger partial charge in [0.25, 0.3) is 5.91 Å². The Balaban J connectivity index is 1.37. The number of hydrogen-bond donors (Lipinski definition) is 1. The summed E-state index contributed by atoms with van der Waals surface area (Å²) >= 11 is 0. The van der Waals surface area contributed by atoms with E-state index in [1.807, 2.05) is 24.3 Å². The average molecular weight is 365 g/mol. The Morgan fingerprint density at radius 2 is 1.89 bits per heavy atom. The second-order valence-corrected chi connectivity index (χ2v) is 7.49. The normalized spacial score (nSPS) is 20.6. The van der Waals surface area contributed by atoms with Gasteiger partial charge >= 0.3 is 0 Å². The highest BCUT2D eigenvalue weighted by Crippen LogP contribution is 2.17. The van der Waals surface area contributed by atoms with Crippen LogP contribution in [0.4, 0.5) is 5.95 Å². The first-order valence-corrected chi connectivity index (χ1v) is 9.92. The lowest BCUT2D eigenvalue weighted by molar-refractivity contribution is 0.0933. The Hall–Kier alpha value is -2.47. The molecule has 2 aliphatic heterocycles. The molecule has 2 aliphatic rings. The van der Waals surface area contributed by atoms with Gasteiger partial charge in [-0.15, -0.1) is 0 Å². The number of benzene rings is 1. The summed E-state index contributed by atoms with van der Waals surface area (Å²) in [6, 6.07) is 9.99. The van der Waals surface area contributed by atoms with Gasteiger partial charge in [-0.3, -0.25) is 9.69 Å². The number of likely N-dealkylation sites (tertiary alicyclic amines) is 1. The van der Waals surface area contributed by atoms with E-state index in [0.717, 1.165) is 57.1 Å². The largest absolute Gasteiger partial charge is 0.348 e. The number of rotatable bonds is 5. The first-order chi connectivity index (χ1) is 13.3. The van der Waals surface area contributed by atoms with Crippen LogP contribution in [0, 0.1) is 0 Å². The quantitative estimate of drug-likeness (QED) is 0.882. The van der Waals surface area contributed by atoms with E-state index in [1.54, 1.807) is 12.4 Å². The maximum atomic E-state index is 12.8. The molecule has 1 unspecified atom stereocenters. The van der Waals surface area contributed by atoms with Crippen molar-refractivity contribution in [3.8, 4) is 0 Å². The molecule has 0 bridgehead atoms. The van der Waals surface area contributed by atoms with Crippen molar-refractivity contribution in [2.24, 2.45) is 0 Å². The molecular formula is C21H27N5O. The van der Waals surface area contributed by atoms with Crippen LogP contribution in [0.3, 0.4) is 0 Å². The predicted octanol–water partition coefficient (Wildman–Crippen LogP) is 2.47. The van der Waals surface area contributed by atoms with Crippen LogP contribution in [0.1, 0.15) is 41.6 Å². The van der Waals surface area contributed by atoms with Crippen LogP contribution in [0.15, 0.2) is 42.7 Å². The van der Waals surface area contributed by atoms with E-state index in [2.05, 4.69) is 31.2 Å². The Bertz CT molecular complexity index is 760.